The summed E-state index contributed by atoms with van der Waals surface area (Å²) in [6, 6.07) is 12.7. The first-order valence-electron chi connectivity index (χ1n) is 6.57. The summed E-state index contributed by atoms with van der Waals surface area (Å²) in [6.07, 6.45) is 0. The molecule has 20 heavy (non-hydrogen) atoms. The highest BCUT2D eigenvalue weighted by Crippen LogP contribution is 2.37. The Hall–Kier alpha value is -1.38. The first-order chi connectivity index (χ1) is 9.52. The van der Waals surface area contributed by atoms with E-state index in [9.17, 15) is 0 Å². The summed E-state index contributed by atoms with van der Waals surface area (Å²) in [5, 5.41) is 2.00. The topological polar surface area (TPSA) is 15.8 Å². The lowest BCUT2D eigenvalue weighted by molar-refractivity contribution is 1.22. The Labute approximate surface area is 128 Å². The summed E-state index contributed by atoms with van der Waals surface area (Å²) in [5.74, 6) is 0. The number of aromatic amines is 1. The Morgan fingerprint density at radius 2 is 1.65 bits per heavy atom. The minimum atomic E-state index is 0.765. The van der Waals surface area contributed by atoms with Crippen LogP contribution in [0.2, 0.25) is 5.02 Å². The Kier molecular flexibility index (Phi) is 3.53. The molecule has 1 aromatic heterocycles. The van der Waals surface area contributed by atoms with Gasteiger partial charge in [0, 0.05) is 31.4 Å². The van der Waals surface area contributed by atoms with E-state index in [1.54, 1.807) is 0 Å². The minimum Gasteiger partial charge on any atom is -0.358 e. The van der Waals surface area contributed by atoms with Gasteiger partial charge in [0.25, 0.3) is 0 Å². The monoisotopic (exact) mass is 301 g/mol. The van der Waals surface area contributed by atoms with Gasteiger partial charge in [0.1, 0.15) is 0 Å². The lowest BCUT2D eigenvalue weighted by atomic mass is 10.2. The Morgan fingerprint density at radius 3 is 2.35 bits per heavy atom. The van der Waals surface area contributed by atoms with E-state index in [2.05, 4.69) is 50.0 Å². The van der Waals surface area contributed by atoms with Crippen molar-refractivity contribution in [2.45, 2.75) is 30.6 Å². The number of fused-ring (bicyclic) bond motifs is 1. The second-order valence-electron chi connectivity index (χ2n) is 5.19. The van der Waals surface area contributed by atoms with Crippen molar-refractivity contribution in [2.75, 3.05) is 0 Å². The smallest absolute Gasteiger partial charge is 0.0482 e. The molecule has 1 nitrogen and oxygen atoms in total. The van der Waals surface area contributed by atoms with Crippen molar-refractivity contribution in [2.24, 2.45) is 0 Å². The lowest BCUT2D eigenvalue weighted by Crippen LogP contribution is -1.81. The Balaban J connectivity index is 2.08. The molecule has 0 amide bonds. The zero-order chi connectivity index (χ0) is 14.3. The van der Waals surface area contributed by atoms with Crippen molar-refractivity contribution < 1.29 is 0 Å². The van der Waals surface area contributed by atoms with E-state index in [0.29, 0.717) is 0 Å². The van der Waals surface area contributed by atoms with Gasteiger partial charge in [0.2, 0.25) is 0 Å². The maximum absolute atomic E-state index is 6.06. The summed E-state index contributed by atoms with van der Waals surface area (Å²) >= 11 is 7.87. The number of hydrogen-bond donors (Lipinski definition) is 1. The summed E-state index contributed by atoms with van der Waals surface area (Å²) in [4.78, 5) is 5.97. The van der Waals surface area contributed by atoms with Crippen LogP contribution in [0.1, 0.15) is 16.8 Å². The molecule has 3 heteroatoms. The molecule has 0 saturated carbocycles. The zero-order valence-electron chi connectivity index (χ0n) is 11.8. The van der Waals surface area contributed by atoms with Gasteiger partial charge in [-0.15, -0.1) is 0 Å². The van der Waals surface area contributed by atoms with Gasteiger partial charge in [-0.05, 0) is 56.2 Å². The van der Waals surface area contributed by atoms with Crippen LogP contribution in [-0.4, -0.2) is 4.98 Å². The summed E-state index contributed by atoms with van der Waals surface area (Å²) in [7, 11) is 0. The van der Waals surface area contributed by atoms with E-state index in [0.717, 1.165) is 10.5 Å². The highest BCUT2D eigenvalue weighted by Gasteiger charge is 2.10. The quantitative estimate of drug-likeness (QED) is 0.623. The molecular weight excluding hydrogens is 286 g/mol. The third kappa shape index (κ3) is 2.58. The third-order valence-electron chi connectivity index (χ3n) is 3.30. The molecule has 0 aliphatic rings. The number of rotatable bonds is 2. The number of nitrogens with one attached hydrogen (secondary N) is 1. The van der Waals surface area contributed by atoms with E-state index < -0.39 is 0 Å². The SMILES string of the molecule is Cc1cc(C)cc(Sc2c(C)[nH]c3cc(Cl)ccc23)c1. The molecule has 0 fully saturated rings. The van der Waals surface area contributed by atoms with Crippen molar-refractivity contribution in [3.05, 3.63) is 58.2 Å². The van der Waals surface area contributed by atoms with Crippen LogP contribution in [0.4, 0.5) is 0 Å². The van der Waals surface area contributed by atoms with Crippen molar-refractivity contribution >= 4 is 34.3 Å². The van der Waals surface area contributed by atoms with E-state index >= 15 is 0 Å². The number of halogens is 1. The van der Waals surface area contributed by atoms with Crippen LogP contribution < -0.4 is 0 Å². The molecule has 0 spiro atoms. The minimum absolute atomic E-state index is 0.765. The Bertz CT molecular complexity index is 769. The third-order valence-corrected chi connectivity index (χ3v) is 4.74. The van der Waals surface area contributed by atoms with Crippen LogP contribution in [0, 0.1) is 20.8 Å². The molecular formula is C17H16ClNS. The largest absolute Gasteiger partial charge is 0.358 e. The molecule has 0 saturated heterocycles. The van der Waals surface area contributed by atoms with Gasteiger partial charge in [-0.2, -0.15) is 0 Å². The summed E-state index contributed by atoms with van der Waals surface area (Å²) < 4.78 is 0. The molecule has 0 aliphatic carbocycles. The summed E-state index contributed by atoms with van der Waals surface area (Å²) in [6.45, 7) is 6.39. The van der Waals surface area contributed by atoms with Crippen LogP contribution in [0.3, 0.4) is 0 Å². The second-order valence-corrected chi connectivity index (χ2v) is 6.71. The number of benzene rings is 2. The van der Waals surface area contributed by atoms with Gasteiger partial charge in [-0.1, -0.05) is 35.5 Å². The zero-order valence-corrected chi connectivity index (χ0v) is 13.3. The van der Waals surface area contributed by atoms with Gasteiger partial charge in [0.05, 0.1) is 0 Å². The first kappa shape index (κ1) is 13.6. The van der Waals surface area contributed by atoms with E-state index in [-0.39, 0.29) is 0 Å². The van der Waals surface area contributed by atoms with E-state index in [4.69, 9.17) is 11.6 Å². The van der Waals surface area contributed by atoms with Crippen molar-refractivity contribution in [1.82, 2.24) is 4.98 Å². The maximum atomic E-state index is 6.06. The molecule has 0 aliphatic heterocycles. The van der Waals surface area contributed by atoms with Crippen LogP contribution in [0.15, 0.2) is 46.2 Å². The summed E-state index contributed by atoms with van der Waals surface area (Å²) in [5.41, 5.74) is 4.88. The molecule has 102 valence electrons. The average molecular weight is 302 g/mol. The molecule has 0 atom stereocenters. The number of aromatic nitrogens is 1. The Morgan fingerprint density at radius 1 is 0.950 bits per heavy atom. The molecule has 0 radical (unpaired) electrons. The fourth-order valence-electron chi connectivity index (χ4n) is 2.52. The van der Waals surface area contributed by atoms with Crippen LogP contribution in [0.5, 0.6) is 0 Å². The molecule has 0 unspecified atom stereocenters. The molecule has 2 aromatic carbocycles. The number of hydrogen-bond acceptors (Lipinski definition) is 1. The van der Waals surface area contributed by atoms with Crippen molar-refractivity contribution in [3.8, 4) is 0 Å². The van der Waals surface area contributed by atoms with Crippen LogP contribution >= 0.6 is 23.4 Å². The molecule has 0 bridgehead atoms. The molecule has 3 rings (SSSR count). The molecule has 3 aromatic rings. The standard InChI is InChI=1S/C17H16ClNS/c1-10-6-11(2)8-14(7-10)20-17-12(3)19-16-9-13(18)4-5-15(16)17/h4-9,19H,1-3H3. The van der Waals surface area contributed by atoms with Crippen LogP contribution in [-0.2, 0) is 0 Å². The number of H-pyrrole nitrogens is 1. The fourth-order valence-corrected chi connectivity index (χ4v) is 3.91. The van der Waals surface area contributed by atoms with Crippen LogP contribution in [0.25, 0.3) is 10.9 Å². The number of aryl methyl sites for hydroxylation is 3. The van der Waals surface area contributed by atoms with Crippen molar-refractivity contribution in [1.29, 1.82) is 0 Å². The van der Waals surface area contributed by atoms with Gasteiger partial charge in [0.15, 0.2) is 0 Å². The second kappa shape index (κ2) is 5.19. The lowest BCUT2D eigenvalue weighted by Gasteiger charge is -2.05. The van der Waals surface area contributed by atoms with Crippen molar-refractivity contribution in [3.63, 3.8) is 0 Å². The molecule has 1 N–H and O–H groups in total. The van der Waals surface area contributed by atoms with E-state index in [1.807, 2.05) is 23.9 Å². The average Bonchev–Trinajstić information content (AvgIpc) is 2.64. The molecule has 1 heterocycles. The predicted molar refractivity (Wildman–Crippen MR) is 88.1 cm³/mol. The van der Waals surface area contributed by atoms with Gasteiger partial charge in [-0.3, -0.25) is 0 Å². The highest BCUT2D eigenvalue weighted by atomic mass is 35.5. The maximum Gasteiger partial charge on any atom is 0.0482 e. The van der Waals surface area contributed by atoms with E-state index in [1.165, 1.54) is 32.0 Å². The van der Waals surface area contributed by atoms with Gasteiger partial charge in [-0.25, -0.2) is 0 Å². The fraction of sp³-hybridized carbons (Fsp3) is 0.176. The highest BCUT2D eigenvalue weighted by molar-refractivity contribution is 7.99. The normalized spacial score (nSPS) is 11.2. The first-order valence-corrected chi connectivity index (χ1v) is 7.76. The predicted octanol–water partition coefficient (Wildman–Crippen LogP) is 5.90. The van der Waals surface area contributed by atoms with Gasteiger partial charge < -0.3 is 4.98 Å². The van der Waals surface area contributed by atoms with Gasteiger partial charge >= 0.3 is 0 Å².